The molecule has 3 aromatic rings. The van der Waals surface area contributed by atoms with E-state index >= 15 is 0 Å². The number of phenolic OH excluding ortho intramolecular Hbond substituents is 1. The van der Waals surface area contributed by atoms with Gasteiger partial charge in [0.2, 0.25) is 0 Å². The number of nitrogens with zero attached hydrogens (tertiary/aromatic N) is 1. The highest BCUT2D eigenvalue weighted by molar-refractivity contribution is 7.13. The monoisotopic (exact) mass is 305 g/mol. The van der Waals surface area contributed by atoms with Gasteiger partial charge in [-0.15, -0.1) is 11.3 Å². The molecule has 3 rings (SSSR count). The molecule has 0 amide bonds. The van der Waals surface area contributed by atoms with Crippen molar-refractivity contribution in [3.05, 3.63) is 47.3 Å². The fourth-order valence-electron chi connectivity index (χ4n) is 1.80. The van der Waals surface area contributed by atoms with Crippen LogP contribution in [0.1, 0.15) is 10.4 Å². The first-order chi connectivity index (χ1) is 10.0. The molecule has 0 atom stereocenters. The molecule has 0 aliphatic heterocycles. The van der Waals surface area contributed by atoms with Gasteiger partial charge in [0, 0.05) is 23.1 Å². The molecular formula is C14H8FNO4S. The lowest BCUT2D eigenvalue weighted by Gasteiger charge is -1.98. The predicted octanol–water partition coefficient (Wildman–Crippen LogP) is 3.61. The van der Waals surface area contributed by atoms with E-state index in [-0.39, 0.29) is 11.3 Å². The summed E-state index contributed by atoms with van der Waals surface area (Å²) >= 11 is 1.24. The summed E-state index contributed by atoms with van der Waals surface area (Å²) in [5.74, 6) is -1.52. The van der Waals surface area contributed by atoms with Gasteiger partial charge >= 0.3 is 5.97 Å². The Morgan fingerprint density at radius 1 is 1.29 bits per heavy atom. The summed E-state index contributed by atoms with van der Waals surface area (Å²) in [5, 5.41) is 20.4. The minimum Gasteiger partial charge on any atom is -0.508 e. The Morgan fingerprint density at radius 3 is 2.76 bits per heavy atom. The summed E-state index contributed by atoms with van der Waals surface area (Å²) in [7, 11) is 0. The van der Waals surface area contributed by atoms with Crippen LogP contribution in [-0.2, 0) is 0 Å². The van der Waals surface area contributed by atoms with Crippen molar-refractivity contribution in [3.63, 3.8) is 0 Å². The first kappa shape index (κ1) is 13.3. The van der Waals surface area contributed by atoms with Gasteiger partial charge in [0.05, 0.1) is 5.56 Å². The molecule has 1 aromatic carbocycles. The Kier molecular flexibility index (Phi) is 3.19. The highest BCUT2D eigenvalue weighted by atomic mass is 32.1. The number of carbonyl (C=O) groups is 1. The average molecular weight is 305 g/mol. The fourth-order valence-corrected chi connectivity index (χ4v) is 2.60. The third-order valence-corrected chi connectivity index (χ3v) is 3.62. The number of aromatic hydroxyl groups is 1. The van der Waals surface area contributed by atoms with Crippen molar-refractivity contribution in [1.82, 2.24) is 4.98 Å². The van der Waals surface area contributed by atoms with Crippen LogP contribution in [0.3, 0.4) is 0 Å². The van der Waals surface area contributed by atoms with E-state index in [0.29, 0.717) is 22.0 Å². The fraction of sp³-hybridized carbons (Fsp3) is 0. The zero-order valence-electron chi connectivity index (χ0n) is 10.4. The minimum absolute atomic E-state index is 0.0305. The zero-order valence-corrected chi connectivity index (χ0v) is 11.2. The molecule has 106 valence electrons. The number of benzene rings is 1. The number of hydrogen-bond donors (Lipinski definition) is 2. The summed E-state index contributed by atoms with van der Waals surface area (Å²) in [6.45, 7) is 0. The topological polar surface area (TPSA) is 83.6 Å². The predicted molar refractivity (Wildman–Crippen MR) is 73.8 cm³/mol. The van der Waals surface area contributed by atoms with E-state index in [0.717, 1.165) is 12.3 Å². The van der Waals surface area contributed by atoms with Crippen LogP contribution in [0.2, 0.25) is 0 Å². The first-order valence-corrected chi connectivity index (χ1v) is 6.68. The van der Waals surface area contributed by atoms with Gasteiger partial charge < -0.3 is 14.6 Å². The van der Waals surface area contributed by atoms with E-state index in [1.807, 2.05) is 0 Å². The smallest absolute Gasteiger partial charge is 0.338 e. The molecule has 0 unspecified atom stereocenters. The van der Waals surface area contributed by atoms with Crippen molar-refractivity contribution in [2.45, 2.75) is 0 Å². The number of carboxylic acids is 1. The molecule has 0 aliphatic rings. The Bertz CT molecular complexity index is 804. The lowest BCUT2D eigenvalue weighted by Crippen LogP contribution is -1.91. The first-order valence-electron chi connectivity index (χ1n) is 5.80. The van der Waals surface area contributed by atoms with E-state index in [9.17, 15) is 14.3 Å². The number of aromatic nitrogens is 1. The quantitative estimate of drug-likeness (QED) is 0.772. The Morgan fingerprint density at radius 2 is 2.10 bits per heavy atom. The standard InChI is InChI=1S/C14H8FNO4S/c15-9-1-7(2-10(17)4-9)13-16-11(6-21-13)12-3-8(5-20-12)14(18)19/h1-6,17H,(H,18,19). The second-order valence-electron chi connectivity index (χ2n) is 4.24. The summed E-state index contributed by atoms with van der Waals surface area (Å²) in [5.41, 5.74) is 0.919. The maximum absolute atomic E-state index is 13.3. The van der Waals surface area contributed by atoms with Gasteiger partial charge in [-0.3, -0.25) is 0 Å². The molecule has 21 heavy (non-hydrogen) atoms. The largest absolute Gasteiger partial charge is 0.508 e. The maximum Gasteiger partial charge on any atom is 0.338 e. The van der Waals surface area contributed by atoms with Gasteiger partial charge in [-0.05, 0) is 12.1 Å². The minimum atomic E-state index is -1.09. The summed E-state index contributed by atoms with van der Waals surface area (Å²) in [4.78, 5) is 15.1. The second-order valence-corrected chi connectivity index (χ2v) is 5.10. The van der Waals surface area contributed by atoms with Gasteiger partial charge in [0.1, 0.15) is 28.5 Å². The molecule has 0 spiro atoms. The molecule has 2 N–H and O–H groups in total. The third kappa shape index (κ3) is 2.63. The maximum atomic E-state index is 13.3. The molecule has 7 heteroatoms. The van der Waals surface area contributed by atoms with Gasteiger partial charge in [0.15, 0.2) is 5.76 Å². The number of carboxylic acid groups (broad SMARTS) is 1. The molecular weight excluding hydrogens is 297 g/mol. The number of halogens is 1. The summed E-state index contributed by atoms with van der Waals surface area (Å²) in [6, 6.07) is 5.03. The van der Waals surface area contributed by atoms with Crippen LogP contribution in [-0.4, -0.2) is 21.2 Å². The molecule has 0 saturated heterocycles. The van der Waals surface area contributed by atoms with E-state index in [4.69, 9.17) is 9.52 Å². The average Bonchev–Trinajstić information content (AvgIpc) is 3.07. The molecule has 2 aromatic heterocycles. The SMILES string of the molecule is O=C(O)c1coc(-c2csc(-c3cc(O)cc(F)c3)n2)c1. The van der Waals surface area contributed by atoms with Gasteiger partial charge in [-0.25, -0.2) is 14.2 Å². The van der Waals surface area contributed by atoms with Crippen molar-refractivity contribution in [2.75, 3.05) is 0 Å². The lowest BCUT2D eigenvalue weighted by molar-refractivity contribution is 0.0696. The number of phenols is 1. The number of furan rings is 1. The van der Waals surface area contributed by atoms with Gasteiger partial charge in [-0.2, -0.15) is 0 Å². The van der Waals surface area contributed by atoms with Crippen molar-refractivity contribution < 1.29 is 23.8 Å². The normalized spacial score (nSPS) is 10.7. The molecule has 5 nitrogen and oxygen atoms in total. The van der Waals surface area contributed by atoms with Crippen molar-refractivity contribution >= 4 is 17.3 Å². The number of thiazole rings is 1. The third-order valence-electron chi connectivity index (χ3n) is 2.73. The van der Waals surface area contributed by atoms with Gasteiger partial charge in [0.25, 0.3) is 0 Å². The summed E-state index contributed by atoms with van der Waals surface area (Å²) in [6.07, 6.45) is 1.13. The Labute approximate surface area is 121 Å². The highest BCUT2D eigenvalue weighted by Gasteiger charge is 2.14. The van der Waals surface area contributed by atoms with E-state index < -0.39 is 11.8 Å². The summed E-state index contributed by atoms with van der Waals surface area (Å²) < 4.78 is 18.4. The highest BCUT2D eigenvalue weighted by Crippen LogP contribution is 2.31. The van der Waals surface area contributed by atoms with E-state index in [2.05, 4.69) is 4.98 Å². The van der Waals surface area contributed by atoms with Crippen molar-refractivity contribution in [3.8, 4) is 27.8 Å². The van der Waals surface area contributed by atoms with Crippen LogP contribution in [0.25, 0.3) is 22.0 Å². The van der Waals surface area contributed by atoms with Crippen molar-refractivity contribution in [1.29, 1.82) is 0 Å². The van der Waals surface area contributed by atoms with Crippen molar-refractivity contribution in [2.24, 2.45) is 0 Å². The number of rotatable bonds is 3. The van der Waals surface area contributed by atoms with Crippen LogP contribution in [0.5, 0.6) is 5.75 Å². The van der Waals surface area contributed by atoms with E-state index in [1.165, 1.54) is 29.5 Å². The van der Waals surface area contributed by atoms with Crippen LogP contribution >= 0.6 is 11.3 Å². The van der Waals surface area contributed by atoms with Crippen LogP contribution in [0.15, 0.2) is 40.3 Å². The van der Waals surface area contributed by atoms with Crippen LogP contribution < -0.4 is 0 Å². The number of hydrogen-bond acceptors (Lipinski definition) is 5. The lowest BCUT2D eigenvalue weighted by atomic mass is 10.2. The number of aromatic carboxylic acids is 1. The van der Waals surface area contributed by atoms with E-state index in [1.54, 1.807) is 5.38 Å². The molecule has 0 aliphatic carbocycles. The molecule has 0 fully saturated rings. The Hall–Kier alpha value is -2.67. The zero-order chi connectivity index (χ0) is 15.0. The molecule has 0 bridgehead atoms. The Balaban J connectivity index is 1.97. The van der Waals surface area contributed by atoms with Crippen LogP contribution in [0.4, 0.5) is 4.39 Å². The van der Waals surface area contributed by atoms with Gasteiger partial charge in [-0.1, -0.05) is 0 Å². The molecule has 0 radical (unpaired) electrons. The molecule has 0 saturated carbocycles. The second kappa shape index (κ2) is 5.02. The van der Waals surface area contributed by atoms with Crippen LogP contribution in [0, 0.1) is 5.82 Å². The molecule has 2 heterocycles.